The number of fused-ring (bicyclic) bond motifs is 1. The zero-order chi connectivity index (χ0) is 18.5. The molecule has 3 rings (SSSR count). The van der Waals surface area contributed by atoms with Crippen LogP contribution in [0.15, 0.2) is 24.3 Å². The van der Waals surface area contributed by atoms with Crippen LogP contribution in [0.2, 0.25) is 0 Å². The Hall–Kier alpha value is -1.88. The quantitative estimate of drug-likeness (QED) is 0.797. The van der Waals surface area contributed by atoms with E-state index in [1.807, 2.05) is 24.3 Å². The topological polar surface area (TPSA) is 52.7 Å². The number of carbonyl (C=O) groups excluding carboxylic acids is 2. The molecular formula is C21H31N3O2. The SMILES string of the molecule is CC[C@H]1CCCCN1CCCNC(=O)[C@@H]1Cc2ccccc2N1C(C)=O. The normalized spacial score (nSPS) is 22.9. The van der Waals surface area contributed by atoms with E-state index in [1.54, 1.807) is 4.90 Å². The number of likely N-dealkylation sites (tertiary alicyclic amines) is 1. The lowest BCUT2D eigenvalue weighted by Crippen LogP contribution is -2.48. The molecule has 0 radical (unpaired) electrons. The minimum absolute atomic E-state index is 0.0397. The van der Waals surface area contributed by atoms with Gasteiger partial charge >= 0.3 is 0 Å². The monoisotopic (exact) mass is 357 g/mol. The van der Waals surface area contributed by atoms with Crippen LogP contribution in [0.4, 0.5) is 5.69 Å². The minimum atomic E-state index is -0.414. The summed E-state index contributed by atoms with van der Waals surface area (Å²) in [5.41, 5.74) is 1.95. The number of amides is 2. The third-order valence-corrected chi connectivity index (χ3v) is 5.76. The number of hydrogen-bond donors (Lipinski definition) is 1. The molecule has 1 fully saturated rings. The molecule has 2 amide bonds. The molecule has 1 aromatic rings. The van der Waals surface area contributed by atoms with E-state index < -0.39 is 6.04 Å². The number of nitrogens with zero attached hydrogens (tertiary/aromatic N) is 2. The lowest BCUT2D eigenvalue weighted by Gasteiger charge is -2.35. The van der Waals surface area contributed by atoms with E-state index in [4.69, 9.17) is 0 Å². The average Bonchev–Trinajstić information content (AvgIpc) is 3.05. The molecule has 1 aromatic carbocycles. The maximum atomic E-state index is 12.7. The number of benzene rings is 1. The first-order valence-corrected chi connectivity index (χ1v) is 10.0. The van der Waals surface area contributed by atoms with Gasteiger partial charge in [0, 0.05) is 38.2 Å². The number of anilines is 1. The Kier molecular flexibility index (Phi) is 6.30. The Morgan fingerprint density at radius 1 is 1.23 bits per heavy atom. The molecule has 0 spiro atoms. The first-order valence-electron chi connectivity index (χ1n) is 10.0. The summed E-state index contributed by atoms with van der Waals surface area (Å²) in [6.45, 7) is 6.69. The molecule has 1 N–H and O–H groups in total. The van der Waals surface area contributed by atoms with Gasteiger partial charge < -0.3 is 10.2 Å². The van der Waals surface area contributed by atoms with Crippen molar-refractivity contribution in [2.24, 2.45) is 0 Å². The minimum Gasteiger partial charge on any atom is -0.354 e. The van der Waals surface area contributed by atoms with Crippen LogP contribution in [0, 0.1) is 0 Å². The fraction of sp³-hybridized carbons (Fsp3) is 0.619. The molecule has 2 aliphatic rings. The van der Waals surface area contributed by atoms with Crippen LogP contribution in [-0.2, 0) is 16.0 Å². The first-order chi connectivity index (χ1) is 12.6. The smallest absolute Gasteiger partial charge is 0.243 e. The molecule has 1 saturated heterocycles. The largest absolute Gasteiger partial charge is 0.354 e. The van der Waals surface area contributed by atoms with Gasteiger partial charge in [-0.05, 0) is 43.9 Å². The Balaban J connectivity index is 1.50. The van der Waals surface area contributed by atoms with Gasteiger partial charge in [-0.2, -0.15) is 0 Å². The predicted molar refractivity (Wildman–Crippen MR) is 104 cm³/mol. The van der Waals surface area contributed by atoms with Gasteiger partial charge in [-0.25, -0.2) is 0 Å². The molecule has 0 bridgehead atoms. The van der Waals surface area contributed by atoms with Gasteiger partial charge in [-0.3, -0.25) is 14.5 Å². The summed E-state index contributed by atoms with van der Waals surface area (Å²) in [4.78, 5) is 29.0. The third kappa shape index (κ3) is 4.09. The lowest BCUT2D eigenvalue weighted by molar-refractivity contribution is -0.125. The molecular weight excluding hydrogens is 326 g/mol. The van der Waals surface area contributed by atoms with Crippen molar-refractivity contribution in [2.75, 3.05) is 24.5 Å². The Bertz CT molecular complexity index is 646. The van der Waals surface area contributed by atoms with Gasteiger partial charge in [0.25, 0.3) is 0 Å². The lowest BCUT2D eigenvalue weighted by atomic mass is 10.00. The summed E-state index contributed by atoms with van der Waals surface area (Å²) >= 11 is 0. The molecule has 2 aliphatic heterocycles. The Morgan fingerprint density at radius 3 is 2.81 bits per heavy atom. The fourth-order valence-electron chi connectivity index (χ4n) is 4.41. The van der Waals surface area contributed by atoms with Crippen LogP contribution < -0.4 is 10.2 Å². The van der Waals surface area contributed by atoms with Gasteiger partial charge in [-0.1, -0.05) is 31.5 Å². The summed E-state index contributed by atoms with van der Waals surface area (Å²) in [6, 6.07) is 8.09. The Morgan fingerprint density at radius 2 is 2.04 bits per heavy atom. The van der Waals surface area contributed by atoms with Crippen LogP contribution in [0.5, 0.6) is 0 Å². The van der Waals surface area contributed by atoms with Crippen molar-refractivity contribution >= 4 is 17.5 Å². The number of piperidine rings is 1. The first kappa shape index (κ1) is 18.9. The van der Waals surface area contributed by atoms with Gasteiger partial charge in [0.15, 0.2) is 0 Å². The van der Waals surface area contributed by atoms with E-state index >= 15 is 0 Å². The zero-order valence-electron chi connectivity index (χ0n) is 16.0. The van der Waals surface area contributed by atoms with Crippen LogP contribution in [0.1, 0.15) is 51.5 Å². The molecule has 5 heteroatoms. The molecule has 0 aliphatic carbocycles. The summed E-state index contributed by atoms with van der Waals surface area (Å²) in [7, 11) is 0. The molecule has 26 heavy (non-hydrogen) atoms. The summed E-state index contributed by atoms with van der Waals surface area (Å²) in [5, 5.41) is 3.06. The van der Waals surface area contributed by atoms with Gasteiger partial charge in [-0.15, -0.1) is 0 Å². The highest BCUT2D eigenvalue weighted by Gasteiger charge is 2.36. The van der Waals surface area contributed by atoms with Gasteiger partial charge in [0.1, 0.15) is 6.04 Å². The summed E-state index contributed by atoms with van der Waals surface area (Å²) < 4.78 is 0. The second-order valence-electron chi connectivity index (χ2n) is 7.48. The van der Waals surface area contributed by atoms with Gasteiger partial charge in [0.2, 0.25) is 11.8 Å². The fourth-order valence-corrected chi connectivity index (χ4v) is 4.41. The highest BCUT2D eigenvalue weighted by atomic mass is 16.2. The van der Waals surface area contributed by atoms with E-state index in [2.05, 4.69) is 17.1 Å². The van der Waals surface area contributed by atoms with Crippen LogP contribution in [0.25, 0.3) is 0 Å². The van der Waals surface area contributed by atoms with Crippen LogP contribution in [0.3, 0.4) is 0 Å². The van der Waals surface area contributed by atoms with E-state index in [0.717, 1.165) is 24.2 Å². The van der Waals surface area contributed by atoms with Crippen molar-refractivity contribution in [3.8, 4) is 0 Å². The molecule has 0 saturated carbocycles. The van der Waals surface area contributed by atoms with Crippen molar-refractivity contribution in [1.82, 2.24) is 10.2 Å². The van der Waals surface area contributed by atoms with Gasteiger partial charge in [0.05, 0.1) is 0 Å². The number of para-hydroxylation sites is 1. The maximum absolute atomic E-state index is 12.7. The van der Waals surface area contributed by atoms with Crippen molar-refractivity contribution in [2.45, 2.75) is 64.5 Å². The van der Waals surface area contributed by atoms with Crippen LogP contribution >= 0.6 is 0 Å². The second kappa shape index (κ2) is 8.67. The van der Waals surface area contributed by atoms with E-state index in [9.17, 15) is 9.59 Å². The molecule has 2 heterocycles. The molecule has 0 unspecified atom stereocenters. The highest BCUT2D eigenvalue weighted by molar-refractivity contribution is 6.02. The van der Waals surface area contributed by atoms with E-state index in [-0.39, 0.29) is 11.8 Å². The maximum Gasteiger partial charge on any atom is 0.243 e. The standard InChI is InChI=1S/C21H31N3O2/c1-3-18-10-6-7-13-23(18)14-8-12-22-21(26)20-15-17-9-4-5-11-19(17)24(20)16(2)25/h4-5,9,11,18,20H,3,6-8,10,12-15H2,1-2H3,(H,22,26)/t18-,20-/m0/s1. The number of carbonyl (C=O) groups is 2. The zero-order valence-corrected chi connectivity index (χ0v) is 16.0. The molecule has 0 aromatic heterocycles. The average molecular weight is 357 g/mol. The number of rotatable bonds is 6. The van der Waals surface area contributed by atoms with E-state index in [0.29, 0.717) is 19.0 Å². The molecule has 142 valence electrons. The molecule has 2 atom stereocenters. The van der Waals surface area contributed by atoms with Crippen LogP contribution in [-0.4, -0.2) is 48.4 Å². The second-order valence-corrected chi connectivity index (χ2v) is 7.48. The Labute approximate surface area is 156 Å². The summed E-state index contributed by atoms with van der Waals surface area (Å²) in [6.07, 6.45) is 6.70. The van der Waals surface area contributed by atoms with Crippen molar-refractivity contribution in [3.63, 3.8) is 0 Å². The van der Waals surface area contributed by atoms with Crippen molar-refractivity contribution < 1.29 is 9.59 Å². The summed E-state index contributed by atoms with van der Waals surface area (Å²) in [5.74, 6) is -0.115. The number of hydrogen-bond acceptors (Lipinski definition) is 3. The predicted octanol–water partition coefficient (Wildman–Crippen LogP) is 2.74. The van der Waals surface area contributed by atoms with E-state index in [1.165, 1.54) is 39.2 Å². The molecule has 5 nitrogen and oxygen atoms in total. The highest BCUT2D eigenvalue weighted by Crippen LogP contribution is 2.32. The van der Waals surface area contributed by atoms with Crippen molar-refractivity contribution in [3.05, 3.63) is 29.8 Å². The third-order valence-electron chi connectivity index (χ3n) is 5.76. The van der Waals surface area contributed by atoms with Crippen molar-refractivity contribution in [1.29, 1.82) is 0 Å². The number of nitrogens with one attached hydrogen (secondary N) is 1.